The Kier molecular flexibility index (Phi) is 3.17. The van der Waals surface area contributed by atoms with Crippen molar-refractivity contribution in [2.45, 2.75) is 13.0 Å². The molecule has 0 aliphatic heterocycles. The van der Waals surface area contributed by atoms with Crippen molar-refractivity contribution in [1.82, 2.24) is 0 Å². The van der Waals surface area contributed by atoms with Crippen LogP contribution < -0.4 is 0 Å². The van der Waals surface area contributed by atoms with E-state index < -0.39 is 6.10 Å². The lowest BCUT2D eigenvalue weighted by Gasteiger charge is -2.10. The van der Waals surface area contributed by atoms with Gasteiger partial charge in [0.25, 0.3) is 0 Å². The average Bonchev–Trinajstić information content (AvgIpc) is 2.51. The SMILES string of the molecule is CC(=O)O[C@@H](CCl)c1ccco1. The molecule has 3 nitrogen and oxygen atoms in total. The second-order valence-corrected chi connectivity index (χ2v) is 2.58. The Morgan fingerprint density at radius 2 is 2.58 bits per heavy atom. The summed E-state index contributed by atoms with van der Waals surface area (Å²) in [5.41, 5.74) is 0. The Morgan fingerprint density at radius 3 is 3.00 bits per heavy atom. The van der Waals surface area contributed by atoms with E-state index in [1.807, 2.05) is 0 Å². The van der Waals surface area contributed by atoms with Crippen molar-refractivity contribution in [2.24, 2.45) is 0 Å². The van der Waals surface area contributed by atoms with Gasteiger partial charge in [0.05, 0.1) is 12.1 Å². The first-order chi connectivity index (χ1) is 5.74. The number of carbonyl (C=O) groups is 1. The molecule has 1 rings (SSSR count). The van der Waals surface area contributed by atoms with Crippen LogP contribution in [0.25, 0.3) is 0 Å². The summed E-state index contributed by atoms with van der Waals surface area (Å²) < 4.78 is 9.91. The van der Waals surface area contributed by atoms with E-state index in [2.05, 4.69) is 0 Å². The highest BCUT2D eigenvalue weighted by molar-refractivity contribution is 6.18. The number of hydrogen-bond donors (Lipinski definition) is 0. The number of esters is 1. The first-order valence-corrected chi connectivity index (χ1v) is 4.04. The molecular formula is C8H9ClO3. The van der Waals surface area contributed by atoms with Gasteiger partial charge >= 0.3 is 5.97 Å². The van der Waals surface area contributed by atoms with Crippen LogP contribution >= 0.6 is 11.6 Å². The zero-order chi connectivity index (χ0) is 8.97. The molecule has 1 heterocycles. The molecule has 0 unspecified atom stereocenters. The van der Waals surface area contributed by atoms with Crippen LogP contribution in [0, 0.1) is 0 Å². The molecule has 0 aromatic carbocycles. The van der Waals surface area contributed by atoms with Crippen molar-refractivity contribution >= 4 is 17.6 Å². The predicted molar refractivity (Wildman–Crippen MR) is 43.9 cm³/mol. The van der Waals surface area contributed by atoms with Gasteiger partial charge in [0.2, 0.25) is 0 Å². The first kappa shape index (κ1) is 9.13. The van der Waals surface area contributed by atoms with E-state index in [1.54, 1.807) is 12.1 Å². The summed E-state index contributed by atoms with van der Waals surface area (Å²) >= 11 is 5.57. The summed E-state index contributed by atoms with van der Waals surface area (Å²) in [6.07, 6.45) is 1.04. The van der Waals surface area contributed by atoms with Crippen molar-refractivity contribution in [3.05, 3.63) is 24.2 Å². The summed E-state index contributed by atoms with van der Waals surface area (Å²) in [4.78, 5) is 10.6. The lowest BCUT2D eigenvalue weighted by atomic mass is 10.3. The highest BCUT2D eigenvalue weighted by atomic mass is 35.5. The molecule has 0 saturated carbocycles. The second-order valence-electron chi connectivity index (χ2n) is 2.27. The van der Waals surface area contributed by atoms with E-state index in [1.165, 1.54) is 13.2 Å². The van der Waals surface area contributed by atoms with Gasteiger partial charge in [0, 0.05) is 6.92 Å². The van der Waals surface area contributed by atoms with E-state index in [0.29, 0.717) is 5.76 Å². The van der Waals surface area contributed by atoms with Crippen LogP contribution in [0.4, 0.5) is 0 Å². The van der Waals surface area contributed by atoms with E-state index >= 15 is 0 Å². The number of hydrogen-bond acceptors (Lipinski definition) is 3. The molecule has 0 fully saturated rings. The van der Waals surface area contributed by atoms with Crippen molar-refractivity contribution < 1.29 is 13.9 Å². The van der Waals surface area contributed by atoms with Gasteiger partial charge in [0.1, 0.15) is 5.76 Å². The van der Waals surface area contributed by atoms with Crippen LogP contribution in [-0.2, 0) is 9.53 Å². The number of ether oxygens (including phenoxy) is 1. The number of carbonyl (C=O) groups excluding carboxylic acids is 1. The summed E-state index contributed by atoms with van der Waals surface area (Å²) in [7, 11) is 0. The monoisotopic (exact) mass is 188 g/mol. The minimum Gasteiger partial charge on any atom is -0.465 e. The lowest BCUT2D eigenvalue weighted by Crippen LogP contribution is -2.08. The Hall–Kier alpha value is -0.960. The molecule has 0 spiro atoms. The van der Waals surface area contributed by atoms with Gasteiger partial charge in [-0.2, -0.15) is 0 Å². The standard InChI is InChI=1S/C8H9ClO3/c1-6(10)12-8(5-9)7-3-2-4-11-7/h2-4,8H,5H2,1H3/t8-/m0/s1. The van der Waals surface area contributed by atoms with Gasteiger partial charge < -0.3 is 9.15 Å². The normalized spacial score (nSPS) is 12.5. The van der Waals surface area contributed by atoms with Gasteiger partial charge in [-0.15, -0.1) is 11.6 Å². The van der Waals surface area contributed by atoms with Crippen LogP contribution in [0.3, 0.4) is 0 Å². The van der Waals surface area contributed by atoms with E-state index in [9.17, 15) is 4.79 Å². The number of rotatable bonds is 3. The molecule has 1 atom stereocenters. The molecule has 1 aromatic heterocycles. The van der Waals surface area contributed by atoms with Gasteiger partial charge in [-0.05, 0) is 12.1 Å². The largest absolute Gasteiger partial charge is 0.465 e. The minimum atomic E-state index is -0.473. The number of furan rings is 1. The summed E-state index contributed by atoms with van der Waals surface area (Å²) in [5, 5.41) is 0. The molecule has 0 aliphatic rings. The third-order valence-electron chi connectivity index (χ3n) is 1.31. The highest BCUT2D eigenvalue weighted by Gasteiger charge is 2.15. The third-order valence-corrected chi connectivity index (χ3v) is 1.59. The Bertz CT molecular complexity index is 243. The van der Waals surface area contributed by atoms with E-state index in [4.69, 9.17) is 20.8 Å². The summed E-state index contributed by atoms with van der Waals surface area (Å²) in [6, 6.07) is 3.44. The number of halogens is 1. The van der Waals surface area contributed by atoms with Crippen LogP contribution in [0.5, 0.6) is 0 Å². The van der Waals surface area contributed by atoms with Crippen molar-refractivity contribution in [2.75, 3.05) is 5.88 Å². The van der Waals surface area contributed by atoms with Crippen molar-refractivity contribution in [3.8, 4) is 0 Å². The van der Waals surface area contributed by atoms with Gasteiger partial charge in [-0.1, -0.05) is 0 Å². The molecule has 4 heteroatoms. The smallest absolute Gasteiger partial charge is 0.303 e. The number of alkyl halides is 1. The lowest BCUT2D eigenvalue weighted by molar-refractivity contribution is -0.146. The fourth-order valence-electron chi connectivity index (χ4n) is 0.840. The molecule has 0 bridgehead atoms. The minimum absolute atomic E-state index is 0.201. The average molecular weight is 189 g/mol. The Morgan fingerprint density at radius 1 is 1.83 bits per heavy atom. The van der Waals surface area contributed by atoms with Crippen molar-refractivity contribution in [1.29, 1.82) is 0 Å². The molecule has 12 heavy (non-hydrogen) atoms. The van der Waals surface area contributed by atoms with E-state index in [0.717, 1.165) is 0 Å². The molecular weight excluding hydrogens is 180 g/mol. The zero-order valence-corrected chi connectivity index (χ0v) is 7.38. The molecule has 0 radical (unpaired) electrons. The van der Waals surface area contributed by atoms with Gasteiger partial charge in [-0.25, -0.2) is 0 Å². The van der Waals surface area contributed by atoms with Crippen LogP contribution in [-0.4, -0.2) is 11.8 Å². The molecule has 0 N–H and O–H groups in total. The summed E-state index contributed by atoms with van der Waals surface area (Å²) in [5.74, 6) is 0.407. The van der Waals surface area contributed by atoms with Gasteiger partial charge in [0.15, 0.2) is 6.10 Å². The molecule has 66 valence electrons. The Balaban J connectivity index is 2.63. The first-order valence-electron chi connectivity index (χ1n) is 3.50. The van der Waals surface area contributed by atoms with Gasteiger partial charge in [-0.3, -0.25) is 4.79 Å². The highest BCUT2D eigenvalue weighted by Crippen LogP contribution is 2.19. The quantitative estimate of drug-likeness (QED) is 0.539. The molecule has 0 aliphatic carbocycles. The maximum atomic E-state index is 10.6. The second kappa shape index (κ2) is 4.16. The maximum Gasteiger partial charge on any atom is 0.303 e. The predicted octanol–water partition coefficient (Wildman–Crippen LogP) is 2.12. The fraction of sp³-hybridized carbons (Fsp3) is 0.375. The Labute approximate surface area is 75.3 Å². The topological polar surface area (TPSA) is 39.4 Å². The van der Waals surface area contributed by atoms with Crippen LogP contribution in [0.1, 0.15) is 18.8 Å². The van der Waals surface area contributed by atoms with E-state index in [-0.39, 0.29) is 11.8 Å². The van der Waals surface area contributed by atoms with Crippen molar-refractivity contribution in [3.63, 3.8) is 0 Å². The molecule has 1 aromatic rings. The zero-order valence-electron chi connectivity index (χ0n) is 6.62. The molecule has 0 amide bonds. The maximum absolute atomic E-state index is 10.6. The van der Waals surface area contributed by atoms with Crippen LogP contribution in [0.2, 0.25) is 0 Å². The third kappa shape index (κ3) is 2.27. The fourth-order valence-corrected chi connectivity index (χ4v) is 1.06. The summed E-state index contributed by atoms with van der Waals surface area (Å²) in [6.45, 7) is 1.34. The van der Waals surface area contributed by atoms with Crippen LogP contribution in [0.15, 0.2) is 22.8 Å². The molecule has 0 saturated heterocycles.